The predicted molar refractivity (Wildman–Crippen MR) is 107 cm³/mol. The molecule has 0 unspecified atom stereocenters. The molecule has 0 aliphatic carbocycles. The second-order valence-corrected chi connectivity index (χ2v) is 6.24. The third-order valence-electron chi connectivity index (χ3n) is 4.36. The molecule has 1 aliphatic rings. The van der Waals surface area contributed by atoms with Crippen LogP contribution in [-0.2, 0) is 0 Å². The molecule has 0 saturated carbocycles. The first kappa shape index (κ1) is 17.0. The zero-order valence-corrected chi connectivity index (χ0v) is 15.5. The minimum Gasteiger partial charge on any atom is -0.497 e. The summed E-state index contributed by atoms with van der Waals surface area (Å²) in [7, 11) is 5.29. The fraction of sp³-hybridized carbons (Fsp3) is 0.200. The molecule has 27 heavy (non-hydrogen) atoms. The van der Waals surface area contributed by atoms with Gasteiger partial charge in [0, 0.05) is 25.5 Å². The van der Waals surface area contributed by atoms with Crippen molar-refractivity contribution in [3.05, 3.63) is 54.9 Å². The molecule has 7 nitrogen and oxygen atoms in total. The largest absolute Gasteiger partial charge is 0.497 e. The number of para-hydroxylation sites is 2. The minimum absolute atomic E-state index is 0.653. The molecule has 0 radical (unpaired) electrons. The summed E-state index contributed by atoms with van der Waals surface area (Å²) in [5.41, 5.74) is 2.43. The number of methoxy groups -OCH3 is 2. The minimum atomic E-state index is 0.653. The fourth-order valence-corrected chi connectivity index (χ4v) is 2.98. The zero-order valence-electron chi connectivity index (χ0n) is 15.5. The number of nitrogens with zero attached hydrogens (tertiary/aromatic N) is 4. The van der Waals surface area contributed by atoms with Gasteiger partial charge in [0.25, 0.3) is 0 Å². The molecule has 2 heterocycles. The molecule has 138 valence electrons. The molecule has 0 amide bonds. The van der Waals surface area contributed by atoms with Gasteiger partial charge >= 0.3 is 0 Å². The highest BCUT2D eigenvalue weighted by atomic mass is 16.5. The van der Waals surface area contributed by atoms with E-state index in [1.807, 2.05) is 61.9 Å². The maximum absolute atomic E-state index is 5.48. The second-order valence-electron chi connectivity index (χ2n) is 6.24. The van der Waals surface area contributed by atoms with Crippen LogP contribution in [0.3, 0.4) is 0 Å². The molecule has 3 aromatic rings. The summed E-state index contributed by atoms with van der Waals surface area (Å²) in [6, 6.07) is 13.4. The molecular weight excluding hydrogens is 342 g/mol. The Kier molecular flexibility index (Phi) is 4.42. The Bertz CT molecular complexity index is 1000. The molecule has 1 aromatic heterocycles. The van der Waals surface area contributed by atoms with E-state index in [-0.39, 0.29) is 0 Å². The molecule has 7 heteroatoms. The monoisotopic (exact) mass is 363 g/mol. The van der Waals surface area contributed by atoms with Crippen LogP contribution in [-0.4, -0.2) is 42.8 Å². The van der Waals surface area contributed by atoms with Crippen LogP contribution in [0.25, 0.3) is 11.0 Å². The number of hydrogen-bond donors (Lipinski definition) is 1. The third-order valence-corrected chi connectivity index (χ3v) is 4.36. The first-order valence-electron chi connectivity index (χ1n) is 8.59. The number of benzene rings is 2. The van der Waals surface area contributed by atoms with Crippen molar-refractivity contribution in [1.29, 1.82) is 0 Å². The molecule has 1 N–H and O–H groups in total. The van der Waals surface area contributed by atoms with E-state index >= 15 is 0 Å². The lowest BCUT2D eigenvalue weighted by atomic mass is 10.2. The standard InChI is InChI=1S/C20H21N5O2/c1-24-10-11-25(13-24)20-19(21-15-6-4-5-7-16(15)23-20)22-17-12-14(26-2)8-9-18(17)27-3/h4-12H,13H2,1-3H3,(H,21,22). The van der Waals surface area contributed by atoms with Crippen molar-refractivity contribution in [2.45, 2.75) is 0 Å². The van der Waals surface area contributed by atoms with Crippen molar-refractivity contribution in [2.75, 3.05) is 38.2 Å². The quantitative estimate of drug-likeness (QED) is 0.743. The van der Waals surface area contributed by atoms with Gasteiger partial charge in [-0.2, -0.15) is 0 Å². The van der Waals surface area contributed by atoms with E-state index in [0.717, 1.165) is 28.3 Å². The second kappa shape index (κ2) is 7.03. The normalized spacial score (nSPS) is 13.3. The van der Waals surface area contributed by atoms with Gasteiger partial charge in [0.15, 0.2) is 11.6 Å². The van der Waals surface area contributed by atoms with Crippen molar-refractivity contribution >= 4 is 28.4 Å². The van der Waals surface area contributed by atoms with Gasteiger partial charge in [0.1, 0.15) is 11.5 Å². The van der Waals surface area contributed by atoms with Gasteiger partial charge in [-0.15, -0.1) is 0 Å². The van der Waals surface area contributed by atoms with Gasteiger partial charge < -0.3 is 24.6 Å². The predicted octanol–water partition coefficient (Wildman–Crippen LogP) is 3.57. The Hall–Kier alpha value is -3.48. The molecule has 0 atom stereocenters. The van der Waals surface area contributed by atoms with E-state index in [0.29, 0.717) is 18.2 Å². The van der Waals surface area contributed by atoms with Crippen molar-refractivity contribution in [2.24, 2.45) is 0 Å². The van der Waals surface area contributed by atoms with E-state index in [2.05, 4.69) is 15.1 Å². The Morgan fingerprint density at radius 2 is 1.74 bits per heavy atom. The van der Waals surface area contributed by atoms with E-state index in [4.69, 9.17) is 19.4 Å². The molecule has 4 rings (SSSR count). The van der Waals surface area contributed by atoms with Crippen LogP contribution in [0.1, 0.15) is 0 Å². The van der Waals surface area contributed by atoms with Crippen LogP contribution < -0.4 is 19.7 Å². The summed E-state index contributed by atoms with van der Waals surface area (Å²) in [5, 5.41) is 3.38. The first-order chi connectivity index (χ1) is 13.2. The summed E-state index contributed by atoms with van der Waals surface area (Å²) in [5.74, 6) is 2.83. The molecular formula is C20H21N5O2. The van der Waals surface area contributed by atoms with Gasteiger partial charge in [-0.3, -0.25) is 0 Å². The summed E-state index contributed by atoms with van der Waals surface area (Å²) >= 11 is 0. The lowest BCUT2D eigenvalue weighted by molar-refractivity contribution is 0.405. The average molecular weight is 363 g/mol. The first-order valence-corrected chi connectivity index (χ1v) is 8.59. The Morgan fingerprint density at radius 1 is 0.963 bits per heavy atom. The average Bonchev–Trinajstić information content (AvgIpc) is 3.13. The van der Waals surface area contributed by atoms with Crippen LogP contribution in [0.5, 0.6) is 11.5 Å². The molecule has 1 aliphatic heterocycles. The number of rotatable bonds is 5. The van der Waals surface area contributed by atoms with Crippen LogP contribution in [0.4, 0.5) is 17.3 Å². The third kappa shape index (κ3) is 3.31. The fourth-order valence-electron chi connectivity index (χ4n) is 2.98. The lowest BCUT2D eigenvalue weighted by Crippen LogP contribution is -2.23. The summed E-state index contributed by atoms with van der Waals surface area (Å²) in [6.07, 6.45) is 4.00. The van der Waals surface area contributed by atoms with Crippen molar-refractivity contribution in [3.8, 4) is 11.5 Å². The number of anilines is 3. The Balaban J connectivity index is 1.81. The highest BCUT2D eigenvalue weighted by Crippen LogP contribution is 2.35. The van der Waals surface area contributed by atoms with E-state index in [9.17, 15) is 0 Å². The SMILES string of the molecule is COc1ccc(OC)c(Nc2nc3ccccc3nc2N2C=CN(C)C2)c1. The maximum Gasteiger partial charge on any atom is 0.178 e. The topological polar surface area (TPSA) is 62.8 Å². The van der Waals surface area contributed by atoms with Gasteiger partial charge in [0.2, 0.25) is 0 Å². The van der Waals surface area contributed by atoms with Gasteiger partial charge in [0.05, 0.1) is 37.6 Å². The van der Waals surface area contributed by atoms with Crippen molar-refractivity contribution < 1.29 is 9.47 Å². The number of aromatic nitrogens is 2. The van der Waals surface area contributed by atoms with Crippen molar-refractivity contribution in [1.82, 2.24) is 14.9 Å². The lowest BCUT2D eigenvalue weighted by Gasteiger charge is -2.21. The van der Waals surface area contributed by atoms with Gasteiger partial charge in [-0.1, -0.05) is 12.1 Å². The summed E-state index contributed by atoms with van der Waals surface area (Å²) in [6.45, 7) is 0.705. The smallest absolute Gasteiger partial charge is 0.178 e. The van der Waals surface area contributed by atoms with Crippen LogP contribution in [0.2, 0.25) is 0 Å². The zero-order chi connectivity index (χ0) is 18.8. The van der Waals surface area contributed by atoms with E-state index in [1.54, 1.807) is 14.2 Å². The van der Waals surface area contributed by atoms with Gasteiger partial charge in [-0.05, 0) is 24.3 Å². The molecule has 0 fully saturated rings. The number of fused-ring (bicyclic) bond motifs is 1. The Labute approximate surface area is 157 Å². The van der Waals surface area contributed by atoms with E-state index < -0.39 is 0 Å². The highest BCUT2D eigenvalue weighted by Gasteiger charge is 2.19. The summed E-state index contributed by atoms with van der Waals surface area (Å²) < 4.78 is 10.8. The maximum atomic E-state index is 5.48. The summed E-state index contributed by atoms with van der Waals surface area (Å²) in [4.78, 5) is 13.8. The van der Waals surface area contributed by atoms with Crippen LogP contribution in [0.15, 0.2) is 54.9 Å². The van der Waals surface area contributed by atoms with Gasteiger partial charge in [-0.25, -0.2) is 9.97 Å². The molecule has 0 bridgehead atoms. The number of nitrogens with one attached hydrogen (secondary N) is 1. The molecule has 0 spiro atoms. The highest BCUT2D eigenvalue weighted by molar-refractivity contribution is 5.83. The number of ether oxygens (including phenoxy) is 2. The Morgan fingerprint density at radius 3 is 2.41 bits per heavy atom. The van der Waals surface area contributed by atoms with Crippen LogP contribution in [0, 0.1) is 0 Å². The number of hydrogen-bond acceptors (Lipinski definition) is 7. The van der Waals surface area contributed by atoms with Crippen molar-refractivity contribution in [3.63, 3.8) is 0 Å². The molecule has 0 saturated heterocycles. The van der Waals surface area contributed by atoms with Crippen LogP contribution >= 0.6 is 0 Å². The molecule has 2 aromatic carbocycles. The van der Waals surface area contributed by atoms with E-state index in [1.165, 1.54) is 0 Å².